The van der Waals surface area contributed by atoms with Gasteiger partial charge in [-0.2, -0.15) is 0 Å². The zero-order valence-electron chi connectivity index (χ0n) is 16.3. The van der Waals surface area contributed by atoms with E-state index in [1.165, 1.54) is 5.57 Å². The third kappa shape index (κ3) is 3.88. The van der Waals surface area contributed by atoms with Crippen molar-refractivity contribution in [2.45, 2.75) is 65.4 Å². The van der Waals surface area contributed by atoms with Crippen LogP contribution in [0.2, 0.25) is 0 Å². The Balaban J connectivity index is 1.69. The minimum absolute atomic E-state index is 0.0524. The van der Waals surface area contributed by atoms with Gasteiger partial charge in [-0.15, -0.1) is 0 Å². The van der Waals surface area contributed by atoms with Gasteiger partial charge in [-0.3, -0.25) is 4.98 Å². The van der Waals surface area contributed by atoms with Crippen molar-refractivity contribution in [1.29, 1.82) is 0 Å². The van der Waals surface area contributed by atoms with E-state index < -0.39 is 5.60 Å². The molecule has 2 heterocycles. The second-order valence-electron chi connectivity index (χ2n) is 9.53. The van der Waals surface area contributed by atoms with Crippen molar-refractivity contribution in [1.82, 2.24) is 9.88 Å². The largest absolute Gasteiger partial charge is 0.444 e. The van der Waals surface area contributed by atoms with Gasteiger partial charge in [0.2, 0.25) is 0 Å². The highest BCUT2D eigenvalue weighted by Gasteiger charge is 2.47. The van der Waals surface area contributed by atoms with E-state index in [2.05, 4.69) is 45.0 Å². The van der Waals surface area contributed by atoms with Gasteiger partial charge in [0.05, 0.1) is 5.69 Å². The predicted molar refractivity (Wildman–Crippen MR) is 100 cm³/mol. The number of carbonyl (C=O) groups is 1. The van der Waals surface area contributed by atoms with Gasteiger partial charge in [-0.1, -0.05) is 32.9 Å². The van der Waals surface area contributed by atoms with Gasteiger partial charge >= 0.3 is 6.09 Å². The highest BCUT2D eigenvalue weighted by molar-refractivity contribution is 5.72. The quantitative estimate of drug-likeness (QED) is 0.736. The lowest BCUT2D eigenvalue weighted by molar-refractivity contribution is -0.0183. The first-order valence-corrected chi connectivity index (χ1v) is 9.15. The van der Waals surface area contributed by atoms with Crippen LogP contribution in [0, 0.1) is 5.41 Å². The number of amides is 1. The van der Waals surface area contributed by atoms with Crippen LogP contribution in [-0.2, 0) is 10.2 Å². The van der Waals surface area contributed by atoms with Gasteiger partial charge in [0.1, 0.15) is 5.60 Å². The number of pyridine rings is 1. The zero-order chi connectivity index (χ0) is 18.5. The molecule has 1 aromatic heterocycles. The molecule has 0 radical (unpaired) electrons. The fourth-order valence-electron chi connectivity index (χ4n) is 3.55. The Hall–Kier alpha value is -1.84. The molecule has 136 valence electrons. The smallest absolute Gasteiger partial charge is 0.410 e. The molecular formula is C21H30N2O2. The van der Waals surface area contributed by atoms with Crippen molar-refractivity contribution in [3.8, 4) is 0 Å². The number of nitrogens with zero attached hydrogens (tertiary/aromatic N) is 2. The van der Waals surface area contributed by atoms with Crippen molar-refractivity contribution in [3.63, 3.8) is 0 Å². The normalized spacial score (nSPS) is 19.6. The molecule has 25 heavy (non-hydrogen) atoms. The van der Waals surface area contributed by atoms with Crippen LogP contribution in [0.5, 0.6) is 0 Å². The molecule has 2 aliphatic rings. The van der Waals surface area contributed by atoms with Gasteiger partial charge in [-0.05, 0) is 51.3 Å². The van der Waals surface area contributed by atoms with E-state index >= 15 is 0 Å². The van der Waals surface area contributed by atoms with Crippen LogP contribution in [0.3, 0.4) is 0 Å². The number of aromatic nitrogens is 1. The SMILES string of the molecule is CC(C)(C)OC(=O)N1CC2(C=C(c3cccc(C(C)(C)C)n3)CC2)C1. The minimum Gasteiger partial charge on any atom is -0.444 e. The zero-order valence-corrected chi connectivity index (χ0v) is 16.3. The Morgan fingerprint density at radius 2 is 1.84 bits per heavy atom. The predicted octanol–water partition coefficient (Wildman–Crippen LogP) is 4.79. The molecular weight excluding hydrogens is 312 g/mol. The number of hydrogen-bond donors (Lipinski definition) is 0. The lowest BCUT2D eigenvalue weighted by Gasteiger charge is -2.47. The van der Waals surface area contributed by atoms with Crippen molar-refractivity contribution in [2.75, 3.05) is 13.1 Å². The van der Waals surface area contributed by atoms with E-state index in [1.807, 2.05) is 25.7 Å². The molecule has 0 unspecified atom stereocenters. The molecule has 1 aliphatic carbocycles. The van der Waals surface area contributed by atoms with Crippen LogP contribution in [0.1, 0.15) is 65.8 Å². The third-order valence-electron chi connectivity index (χ3n) is 4.88. The molecule has 1 saturated heterocycles. The number of likely N-dealkylation sites (tertiary alicyclic amines) is 1. The molecule has 1 aliphatic heterocycles. The molecule has 4 nitrogen and oxygen atoms in total. The van der Waals surface area contributed by atoms with Gasteiger partial charge in [-0.25, -0.2) is 4.79 Å². The number of carbonyl (C=O) groups excluding carboxylic acids is 1. The maximum Gasteiger partial charge on any atom is 0.410 e. The molecule has 0 N–H and O–H groups in total. The summed E-state index contributed by atoms with van der Waals surface area (Å²) in [6.07, 6.45) is 4.27. The molecule has 1 aromatic rings. The first-order valence-electron chi connectivity index (χ1n) is 9.15. The van der Waals surface area contributed by atoms with Crippen LogP contribution in [-0.4, -0.2) is 34.7 Å². The number of hydrogen-bond acceptors (Lipinski definition) is 3. The number of rotatable bonds is 1. The van der Waals surface area contributed by atoms with E-state index in [1.54, 1.807) is 0 Å². The molecule has 1 spiro atoms. The van der Waals surface area contributed by atoms with E-state index in [9.17, 15) is 4.79 Å². The van der Waals surface area contributed by atoms with Crippen molar-refractivity contribution in [2.24, 2.45) is 5.41 Å². The average molecular weight is 342 g/mol. The van der Waals surface area contributed by atoms with Gasteiger partial charge in [0.25, 0.3) is 0 Å². The molecule has 0 atom stereocenters. The minimum atomic E-state index is -0.437. The summed E-state index contributed by atoms with van der Waals surface area (Å²) in [5.74, 6) is 0. The van der Waals surface area contributed by atoms with Crippen molar-refractivity contribution >= 4 is 11.7 Å². The molecule has 1 fully saturated rings. The van der Waals surface area contributed by atoms with Crippen molar-refractivity contribution < 1.29 is 9.53 Å². The van der Waals surface area contributed by atoms with Gasteiger partial charge in [0, 0.05) is 29.6 Å². The fraction of sp³-hybridized carbons (Fsp3) is 0.619. The lowest BCUT2D eigenvalue weighted by Crippen LogP contribution is -2.57. The van der Waals surface area contributed by atoms with Gasteiger partial charge < -0.3 is 9.64 Å². The maximum absolute atomic E-state index is 12.2. The van der Waals surface area contributed by atoms with Crippen LogP contribution in [0.4, 0.5) is 4.79 Å². The van der Waals surface area contributed by atoms with Gasteiger partial charge in [0.15, 0.2) is 0 Å². The van der Waals surface area contributed by atoms with Crippen LogP contribution < -0.4 is 0 Å². The Kier molecular flexibility index (Phi) is 4.21. The Bertz CT molecular complexity index is 701. The number of allylic oxidation sites excluding steroid dienone is 1. The second kappa shape index (κ2) is 5.86. The Labute approximate surface area is 151 Å². The average Bonchev–Trinajstić information content (AvgIpc) is 2.88. The summed E-state index contributed by atoms with van der Waals surface area (Å²) < 4.78 is 5.46. The van der Waals surface area contributed by atoms with E-state index in [0.717, 1.165) is 37.3 Å². The molecule has 0 aromatic carbocycles. The highest BCUT2D eigenvalue weighted by Crippen LogP contribution is 2.46. The molecule has 1 amide bonds. The summed E-state index contributed by atoms with van der Waals surface area (Å²) >= 11 is 0. The topological polar surface area (TPSA) is 42.4 Å². The highest BCUT2D eigenvalue weighted by atomic mass is 16.6. The standard InChI is InChI=1S/C21H30N2O2/c1-19(2,3)17-9-7-8-16(22-17)15-10-11-21(12-15)13-23(14-21)18(24)25-20(4,5)6/h7-9,12H,10-11,13-14H2,1-6H3. The fourth-order valence-corrected chi connectivity index (χ4v) is 3.55. The Morgan fingerprint density at radius 1 is 1.16 bits per heavy atom. The second-order valence-corrected chi connectivity index (χ2v) is 9.53. The van der Waals surface area contributed by atoms with E-state index in [-0.39, 0.29) is 16.9 Å². The Morgan fingerprint density at radius 3 is 2.44 bits per heavy atom. The van der Waals surface area contributed by atoms with Crippen LogP contribution in [0.15, 0.2) is 24.3 Å². The molecule has 0 saturated carbocycles. The summed E-state index contributed by atoms with van der Waals surface area (Å²) in [6.45, 7) is 13.8. The number of ether oxygens (including phenoxy) is 1. The molecule has 3 rings (SSSR count). The molecule has 0 bridgehead atoms. The summed E-state index contributed by atoms with van der Waals surface area (Å²) in [5.41, 5.74) is 3.25. The summed E-state index contributed by atoms with van der Waals surface area (Å²) in [5, 5.41) is 0. The van der Waals surface area contributed by atoms with Crippen LogP contribution >= 0.6 is 0 Å². The monoisotopic (exact) mass is 342 g/mol. The third-order valence-corrected chi connectivity index (χ3v) is 4.88. The summed E-state index contributed by atoms with van der Waals surface area (Å²) in [4.78, 5) is 18.8. The maximum atomic E-state index is 12.2. The van der Waals surface area contributed by atoms with E-state index in [0.29, 0.717) is 0 Å². The first kappa shape index (κ1) is 18.0. The summed E-state index contributed by atoms with van der Waals surface area (Å²) in [7, 11) is 0. The lowest BCUT2D eigenvalue weighted by atomic mass is 9.80. The molecule has 4 heteroatoms. The van der Waals surface area contributed by atoms with Crippen molar-refractivity contribution in [3.05, 3.63) is 35.7 Å². The van der Waals surface area contributed by atoms with Crippen LogP contribution in [0.25, 0.3) is 5.57 Å². The summed E-state index contributed by atoms with van der Waals surface area (Å²) in [6, 6.07) is 6.30. The first-order chi connectivity index (χ1) is 11.5. The van der Waals surface area contributed by atoms with E-state index in [4.69, 9.17) is 9.72 Å².